The Hall–Kier alpha value is -1.52. The number of carbonyl (C=O) groups is 1. The van der Waals surface area contributed by atoms with Gasteiger partial charge in [-0.05, 0) is 36.1 Å². The lowest BCUT2D eigenvalue weighted by molar-refractivity contribution is -0.122. The largest absolute Gasteiger partial charge is 0.354 e. The molecule has 0 unspecified atom stereocenters. The van der Waals surface area contributed by atoms with E-state index in [0.29, 0.717) is 16.6 Å². The third kappa shape index (κ3) is 3.57. The van der Waals surface area contributed by atoms with Crippen LogP contribution in [0.25, 0.3) is 0 Å². The van der Waals surface area contributed by atoms with Gasteiger partial charge in [-0.3, -0.25) is 4.79 Å². The highest BCUT2D eigenvalue weighted by molar-refractivity contribution is 6.34. The molecule has 1 aromatic carbocycles. The Morgan fingerprint density at radius 3 is 2.76 bits per heavy atom. The van der Waals surface area contributed by atoms with Crippen LogP contribution in [0.4, 0.5) is 0 Å². The number of benzene rings is 1. The van der Waals surface area contributed by atoms with Crippen molar-refractivity contribution in [2.45, 2.75) is 18.9 Å². The molecule has 2 atom stereocenters. The van der Waals surface area contributed by atoms with Crippen molar-refractivity contribution in [3.05, 3.63) is 52.5 Å². The van der Waals surface area contributed by atoms with Gasteiger partial charge in [0.05, 0.1) is 6.33 Å². The van der Waals surface area contributed by atoms with E-state index in [2.05, 4.69) is 10.3 Å². The predicted octanol–water partition coefficient (Wildman–Crippen LogP) is 3.11. The van der Waals surface area contributed by atoms with Crippen molar-refractivity contribution in [2.24, 2.45) is 5.92 Å². The fourth-order valence-electron chi connectivity index (χ4n) is 2.50. The summed E-state index contributed by atoms with van der Waals surface area (Å²) in [5, 5.41) is 4.19. The minimum atomic E-state index is 0.0299. The van der Waals surface area contributed by atoms with Crippen LogP contribution in [0.2, 0.25) is 10.0 Å². The SMILES string of the molecule is O=C(NCCn1ccnc1)[C@H]1C[C@H]1c1cc(Cl)cc(Cl)c1. The predicted molar refractivity (Wildman–Crippen MR) is 82.5 cm³/mol. The number of hydrogen-bond donors (Lipinski definition) is 1. The van der Waals surface area contributed by atoms with Gasteiger partial charge >= 0.3 is 0 Å². The van der Waals surface area contributed by atoms with Crippen LogP contribution >= 0.6 is 23.2 Å². The number of halogens is 2. The average molecular weight is 324 g/mol. The lowest BCUT2D eigenvalue weighted by Gasteiger charge is -2.06. The van der Waals surface area contributed by atoms with Gasteiger partial charge in [0.2, 0.25) is 5.91 Å². The van der Waals surface area contributed by atoms with Crippen LogP contribution in [0.1, 0.15) is 17.9 Å². The zero-order valence-electron chi connectivity index (χ0n) is 11.3. The first-order valence-electron chi connectivity index (χ1n) is 6.83. The molecule has 4 nitrogen and oxygen atoms in total. The molecule has 1 aromatic heterocycles. The Balaban J connectivity index is 1.51. The molecule has 0 bridgehead atoms. The molecule has 0 spiro atoms. The number of nitrogens with zero attached hydrogens (tertiary/aromatic N) is 2. The molecule has 0 aliphatic heterocycles. The standard InChI is InChI=1S/C15H15Cl2N3O/c16-11-5-10(6-12(17)7-11)13-8-14(13)15(21)19-2-4-20-3-1-18-9-20/h1,3,5-7,9,13-14H,2,4,8H2,(H,19,21)/t13-,14-/m0/s1. The van der Waals surface area contributed by atoms with Gasteiger partial charge < -0.3 is 9.88 Å². The van der Waals surface area contributed by atoms with Gasteiger partial charge in [0.1, 0.15) is 0 Å². The maximum atomic E-state index is 12.1. The van der Waals surface area contributed by atoms with Gasteiger partial charge in [-0.15, -0.1) is 0 Å². The molecule has 0 saturated heterocycles. The summed E-state index contributed by atoms with van der Waals surface area (Å²) in [5.41, 5.74) is 1.04. The molecule has 6 heteroatoms. The highest BCUT2D eigenvalue weighted by Gasteiger charge is 2.43. The van der Waals surface area contributed by atoms with Crippen molar-refractivity contribution in [1.29, 1.82) is 0 Å². The average Bonchev–Trinajstić information content (AvgIpc) is 3.08. The van der Waals surface area contributed by atoms with Crippen molar-refractivity contribution in [1.82, 2.24) is 14.9 Å². The molecule has 1 amide bonds. The zero-order chi connectivity index (χ0) is 14.8. The highest BCUT2D eigenvalue weighted by atomic mass is 35.5. The number of hydrogen-bond acceptors (Lipinski definition) is 2. The third-order valence-electron chi connectivity index (χ3n) is 3.67. The summed E-state index contributed by atoms with van der Waals surface area (Å²) < 4.78 is 1.93. The topological polar surface area (TPSA) is 46.9 Å². The van der Waals surface area contributed by atoms with Crippen LogP contribution in [0.5, 0.6) is 0 Å². The van der Waals surface area contributed by atoms with E-state index in [4.69, 9.17) is 23.2 Å². The summed E-state index contributed by atoms with van der Waals surface area (Å²) in [6.45, 7) is 1.33. The van der Waals surface area contributed by atoms with E-state index in [-0.39, 0.29) is 17.7 Å². The van der Waals surface area contributed by atoms with Crippen molar-refractivity contribution in [2.75, 3.05) is 6.54 Å². The molecule has 3 rings (SSSR count). The van der Waals surface area contributed by atoms with Crippen molar-refractivity contribution >= 4 is 29.1 Å². The number of aromatic nitrogens is 2. The summed E-state index contributed by atoms with van der Waals surface area (Å²) in [4.78, 5) is 16.0. The second kappa shape index (κ2) is 6.08. The molecule has 110 valence electrons. The summed E-state index contributed by atoms with van der Waals surface area (Å²) >= 11 is 12.0. The van der Waals surface area contributed by atoms with Crippen LogP contribution in [-0.4, -0.2) is 22.0 Å². The second-order valence-corrected chi connectivity index (χ2v) is 6.12. The Kier molecular flexibility index (Phi) is 4.17. The molecule has 1 aliphatic carbocycles. The van der Waals surface area contributed by atoms with E-state index in [0.717, 1.165) is 18.5 Å². The fraction of sp³-hybridized carbons (Fsp3) is 0.333. The van der Waals surface area contributed by atoms with Crippen molar-refractivity contribution in [3.8, 4) is 0 Å². The van der Waals surface area contributed by atoms with Crippen molar-refractivity contribution < 1.29 is 4.79 Å². The fourth-order valence-corrected chi connectivity index (χ4v) is 3.04. The molecule has 0 radical (unpaired) electrons. The van der Waals surface area contributed by atoms with E-state index in [1.807, 2.05) is 22.9 Å². The molecule has 1 N–H and O–H groups in total. The third-order valence-corrected chi connectivity index (χ3v) is 4.11. The van der Waals surface area contributed by atoms with Gasteiger partial charge in [0.15, 0.2) is 0 Å². The Labute approximate surface area is 133 Å². The maximum Gasteiger partial charge on any atom is 0.223 e. The van der Waals surface area contributed by atoms with Crippen LogP contribution < -0.4 is 5.32 Å². The molecule has 1 aliphatic rings. The Morgan fingerprint density at radius 2 is 2.10 bits per heavy atom. The first-order chi connectivity index (χ1) is 10.1. The number of carbonyl (C=O) groups excluding carboxylic acids is 1. The summed E-state index contributed by atoms with van der Waals surface area (Å²) in [7, 11) is 0. The highest BCUT2D eigenvalue weighted by Crippen LogP contribution is 2.48. The lowest BCUT2D eigenvalue weighted by atomic mass is 10.1. The quantitative estimate of drug-likeness (QED) is 0.919. The van der Waals surface area contributed by atoms with E-state index >= 15 is 0 Å². The zero-order valence-corrected chi connectivity index (χ0v) is 12.8. The molecule has 21 heavy (non-hydrogen) atoms. The summed E-state index contributed by atoms with van der Waals surface area (Å²) in [5.74, 6) is 0.355. The second-order valence-electron chi connectivity index (χ2n) is 5.24. The van der Waals surface area contributed by atoms with Crippen LogP contribution in [0.3, 0.4) is 0 Å². The van der Waals surface area contributed by atoms with E-state index in [9.17, 15) is 4.79 Å². The van der Waals surface area contributed by atoms with Crippen LogP contribution in [0, 0.1) is 5.92 Å². The number of rotatable bonds is 5. The van der Waals surface area contributed by atoms with Gasteiger partial charge in [0.25, 0.3) is 0 Å². The van der Waals surface area contributed by atoms with Gasteiger partial charge in [-0.25, -0.2) is 4.98 Å². The van der Waals surface area contributed by atoms with Gasteiger partial charge in [0, 0.05) is 41.4 Å². The molecule has 1 fully saturated rings. The van der Waals surface area contributed by atoms with E-state index in [1.54, 1.807) is 18.6 Å². The molecule has 1 heterocycles. The van der Waals surface area contributed by atoms with Crippen LogP contribution in [0.15, 0.2) is 36.9 Å². The van der Waals surface area contributed by atoms with E-state index < -0.39 is 0 Å². The molecular formula is C15H15Cl2N3O. The number of amides is 1. The normalized spacial score (nSPS) is 20.3. The molecule has 2 aromatic rings. The van der Waals surface area contributed by atoms with Crippen LogP contribution in [-0.2, 0) is 11.3 Å². The monoisotopic (exact) mass is 323 g/mol. The Morgan fingerprint density at radius 1 is 1.33 bits per heavy atom. The summed E-state index contributed by atoms with van der Waals surface area (Å²) in [6, 6.07) is 5.48. The van der Waals surface area contributed by atoms with E-state index in [1.165, 1.54) is 0 Å². The van der Waals surface area contributed by atoms with Crippen molar-refractivity contribution in [3.63, 3.8) is 0 Å². The molecule has 1 saturated carbocycles. The number of imidazole rings is 1. The number of nitrogens with one attached hydrogen (secondary N) is 1. The first kappa shape index (κ1) is 14.4. The van der Waals surface area contributed by atoms with Gasteiger partial charge in [-0.1, -0.05) is 23.2 Å². The summed E-state index contributed by atoms with van der Waals surface area (Å²) in [6.07, 6.45) is 6.19. The Bertz CT molecular complexity index is 622. The molecular weight excluding hydrogens is 309 g/mol. The first-order valence-corrected chi connectivity index (χ1v) is 7.58. The maximum absolute atomic E-state index is 12.1. The minimum Gasteiger partial charge on any atom is -0.354 e. The smallest absolute Gasteiger partial charge is 0.223 e. The lowest BCUT2D eigenvalue weighted by Crippen LogP contribution is -2.28. The van der Waals surface area contributed by atoms with Gasteiger partial charge in [-0.2, -0.15) is 0 Å². The minimum absolute atomic E-state index is 0.0299.